The summed E-state index contributed by atoms with van der Waals surface area (Å²) in [7, 11) is 0. The molecule has 0 saturated heterocycles. The smallest absolute Gasteiger partial charge is 0.335 e. The minimum absolute atomic E-state index is 0.0979. The molecule has 3 heteroatoms. The summed E-state index contributed by atoms with van der Waals surface area (Å²) in [5.74, 6) is 2.03. The third kappa shape index (κ3) is 2.06. The molecule has 0 heterocycles. The molecule has 114 valence electrons. The van der Waals surface area contributed by atoms with Crippen molar-refractivity contribution < 1.29 is 9.53 Å². The lowest BCUT2D eigenvalue weighted by molar-refractivity contribution is -0.140. The van der Waals surface area contributed by atoms with Gasteiger partial charge in [0.2, 0.25) is 0 Å². The molecular weight excluding hydrogens is 292 g/mol. The molecule has 0 aliphatic heterocycles. The molecule has 4 unspecified atom stereocenters. The van der Waals surface area contributed by atoms with Gasteiger partial charge in [0, 0.05) is 21.6 Å². The summed E-state index contributed by atoms with van der Waals surface area (Å²) in [6, 6.07) is 8.55. The zero-order valence-electron chi connectivity index (χ0n) is 12.9. The van der Waals surface area contributed by atoms with Gasteiger partial charge in [0.05, 0.1) is 12.2 Å². The van der Waals surface area contributed by atoms with Crippen molar-refractivity contribution in [1.82, 2.24) is 0 Å². The zero-order valence-corrected chi connectivity index (χ0v) is 13.7. The van der Waals surface area contributed by atoms with Crippen LogP contribution in [0.2, 0.25) is 0 Å². The van der Waals surface area contributed by atoms with Crippen LogP contribution < -0.4 is 0 Å². The van der Waals surface area contributed by atoms with Gasteiger partial charge in [-0.1, -0.05) is 41.6 Å². The Balaban J connectivity index is 1.65. The van der Waals surface area contributed by atoms with Crippen LogP contribution >= 0.6 is 11.8 Å². The summed E-state index contributed by atoms with van der Waals surface area (Å²) >= 11 is 1.76. The molecule has 4 rings (SSSR count). The molecule has 2 bridgehead atoms. The van der Waals surface area contributed by atoms with Crippen molar-refractivity contribution in [2.24, 2.45) is 23.7 Å². The highest BCUT2D eigenvalue weighted by Crippen LogP contribution is 2.64. The summed E-state index contributed by atoms with van der Waals surface area (Å²) < 4.78 is 5.31. The quantitative estimate of drug-likeness (QED) is 0.610. The van der Waals surface area contributed by atoms with E-state index in [9.17, 15) is 4.79 Å². The van der Waals surface area contributed by atoms with Crippen LogP contribution in [-0.4, -0.2) is 12.6 Å². The summed E-state index contributed by atoms with van der Waals surface area (Å²) in [4.78, 5) is 14.9. The van der Waals surface area contributed by atoms with Crippen molar-refractivity contribution in [3.05, 3.63) is 52.5 Å². The average Bonchev–Trinajstić information content (AvgIpc) is 3.05. The van der Waals surface area contributed by atoms with Gasteiger partial charge in [-0.25, -0.2) is 4.79 Å². The standard InChI is InChI=1S/C19H20O2S/c1-3-21-19(20)17-15-12-6-7-13(10-12)16(15)18(17)22-14-8-4-11(2)5-9-14/h4-9,12-13,15-16H,3,10H2,1-2H3. The minimum Gasteiger partial charge on any atom is -0.463 e. The number of carbonyl (C=O) groups is 1. The highest BCUT2D eigenvalue weighted by atomic mass is 32.2. The van der Waals surface area contributed by atoms with Gasteiger partial charge in [-0.3, -0.25) is 0 Å². The Morgan fingerprint density at radius 2 is 1.86 bits per heavy atom. The first kappa shape index (κ1) is 14.1. The Morgan fingerprint density at radius 3 is 2.55 bits per heavy atom. The molecule has 1 saturated carbocycles. The fraction of sp³-hybridized carbons (Fsp3) is 0.421. The lowest BCUT2D eigenvalue weighted by Gasteiger charge is -2.41. The van der Waals surface area contributed by atoms with Crippen LogP contribution in [0, 0.1) is 30.6 Å². The zero-order chi connectivity index (χ0) is 15.3. The van der Waals surface area contributed by atoms with Crippen molar-refractivity contribution in [3.63, 3.8) is 0 Å². The van der Waals surface area contributed by atoms with E-state index in [2.05, 4.69) is 43.3 Å². The molecule has 1 aromatic carbocycles. The number of esters is 1. The molecule has 1 fully saturated rings. The monoisotopic (exact) mass is 312 g/mol. The van der Waals surface area contributed by atoms with Gasteiger partial charge in [-0.05, 0) is 44.2 Å². The SMILES string of the molecule is CCOC(=O)C1=C(Sc2ccc(C)cc2)C2C3C=CC(C3)C12. The maximum atomic E-state index is 12.4. The lowest BCUT2D eigenvalue weighted by atomic mass is 9.68. The first-order valence-corrected chi connectivity index (χ1v) is 8.84. The number of benzene rings is 1. The molecule has 0 aromatic heterocycles. The molecular formula is C19H20O2S. The van der Waals surface area contributed by atoms with Crippen LogP contribution in [0.25, 0.3) is 0 Å². The normalized spacial score (nSPS) is 31.2. The third-order valence-corrected chi connectivity index (χ3v) is 6.32. The van der Waals surface area contributed by atoms with Crippen LogP contribution in [0.1, 0.15) is 18.9 Å². The van der Waals surface area contributed by atoms with Crippen molar-refractivity contribution >= 4 is 17.7 Å². The molecule has 1 aromatic rings. The van der Waals surface area contributed by atoms with Crippen molar-refractivity contribution in [1.29, 1.82) is 0 Å². The predicted octanol–water partition coefficient (Wildman–Crippen LogP) is 4.36. The number of hydrogen-bond acceptors (Lipinski definition) is 3. The van der Waals surface area contributed by atoms with Gasteiger partial charge in [-0.2, -0.15) is 0 Å². The molecule has 0 amide bonds. The number of ether oxygens (including phenoxy) is 1. The van der Waals surface area contributed by atoms with Crippen LogP contribution in [-0.2, 0) is 9.53 Å². The summed E-state index contributed by atoms with van der Waals surface area (Å²) in [6.45, 7) is 4.42. The van der Waals surface area contributed by atoms with Gasteiger partial charge in [0.25, 0.3) is 0 Å². The van der Waals surface area contributed by atoms with E-state index < -0.39 is 0 Å². The van der Waals surface area contributed by atoms with E-state index in [0.717, 1.165) is 5.57 Å². The van der Waals surface area contributed by atoms with Crippen LogP contribution in [0.4, 0.5) is 0 Å². The Hall–Kier alpha value is -1.48. The molecule has 22 heavy (non-hydrogen) atoms. The molecule has 0 radical (unpaired) electrons. The number of carbonyl (C=O) groups excluding carboxylic acids is 1. The fourth-order valence-electron chi connectivity index (χ4n) is 4.12. The fourth-order valence-corrected chi connectivity index (χ4v) is 5.44. The van der Waals surface area contributed by atoms with E-state index in [4.69, 9.17) is 4.74 Å². The van der Waals surface area contributed by atoms with Gasteiger partial charge in [-0.15, -0.1) is 0 Å². The van der Waals surface area contributed by atoms with Gasteiger partial charge >= 0.3 is 5.97 Å². The Labute approximate surface area is 135 Å². The lowest BCUT2D eigenvalue weighted by Crippen LogP contribution is -2.37. The summed E-state index contributed by atoms with van der Waals surface area (Å²) in [5.41, 5.74) is 2.22. The average molecular weight is 312 g/mol. The Kier molecular flexibility index (Phi) is 3.41. The van der Waals surface area contributed by atoms with Gasteiger partial charge in [0.1, 0.15) is 0 Å². The predicted molar refractivity (Wildman–Crippen MR) is 88.4 cm³/mol. The van der Waals surface area contributed by atoms with Gasteiger partial charge < -0.3 is 4.74 Å². The maximum absolute atomic E-state index is 12.4. The van der Waals surface area contributed by atoms with E-state index in [0.29, 0.717) is 30.3 Å². The number of thioether (sulfide) groups is 1. The minimum atomic E-state index is -0.0979. The number of allylic oxidation sites excluding steroid dienone is 3. The first-order valence-electron chi connectivity index (χ1n) is 8.03. The Morgan fingerprint density at radius 1 is 1.18 bits per heavy atom. The number of fused-ring (bicyclic) bond motifs is 5. The van der Waals surface area contributed by atoms with Crippen molar-refractivity contribution in [2.45, 2.75) is 25.2 Å². The highest BCUT2D eigenvalue weighted by Gasteiger charge is 2.57. The second kappa shape index (κ2) is 5.31. The molecule has 2 nitrogen and oxygen atoms in total. The largest absolute Gasteiger partial charge is 0.463 e. The molecule has 4 atom stereocenters. The van der Waals surface area contributed by atoms with E-state index in [-0.39, 0.29) is 5.97 Å². The molecule has 0 N–H and O–H groups in total. The van der Waals surface area contributed by atoms with E-state index in [1.807, 2.05) is 6.92 Å². The number of rotatable bonds is 4. The van der Waals surface area contributed by atoms with Crippen molar-refractivity contribution in [3.8, 4) is 0 Å². The molecule has 3 aliphatic carbocycles. The molecule has 0 spiro atoms. The summed E-state index contributed by atoms with van der Waals surface area (Å²) in [5, 5.41) is 0. The number of aryl methyl sites for hydroxylation is 1. The van der Waals surface area contributed by atoms with Crippen LogP contribution in [0.5, 0.6) is 0 Å². The van der Waals surface area contributed by atoms with Gasteiger partial charge in [0.15, 0.2) is 0 Å². The Bertz CT molecular complexity index is 671. The van der Waals surface area contributed by atoms with Crippen LogP contribution in [0.15, 0.2) is 51.8 Å². The van der Waals surface area contributed by atoms with Crippen LogP contribution in [0.3, 0.4) is 0 Å². The highest BCUT2D eigenvalue weighted by molar-refractivity contribution is 8.03. The second-order valence-electron chi connectivity index (χ2n) is 6.41. The topological polar surface area (TPSA) is 26.3 Å². The maximum Gasteiger partial charge on any atom is 0.335 e. The third-order valence-electron chi connectivity index (χ3n) is 5.10. The van der Waals surface area contributed by atoms with E-state index >= 15 is 0 Å². The van der Waals surface area contributed by atoms with E-state index in [1.165, 1.54) is 21.8 Å². The first-order chi connectivity index (χ1) is 10.7. The van der Waals surface area contributed by atoms with Crippen molar-refractivity contribution in [2.75, 3.05) is 6.61 Å². The second-order valence-corrected chi connectivity index (χ2v) is 7.53. The summed E-state index contributed by atoms with van der Waals surface area (Å²) in [6.07, 6.45) is 5.86. The molecule has 3 aliphatic rings. The van der Waals surface area contributed by atoms with E-state index in [1.54, 1.807) is 11.8 Å². The number of hydrogen-bond donors (Lipinski definition) is 0.